The van der Waals surface area contributed by atoms with Gasteiger partial charge in [-0.2, -0.15) is 0 Å². The average molecular weight is 310 g/mol. The van der Waals surface area contributed by atoms with Gasteiger partial charge in [-0.05, 0) is 36.8 Å². The first-order valence-electron chi connectivity index (χ1n) is 7.41. The first-order chi connectivity index (χ1) is 11.3. The van der Waals surface area contributed by atoms with Gasteiger partial charge in [0.2, 0.25) is 5.89 Å². The zero-order chi connectivity index (χ0) is 15.9. The van der Waals surface area contributed by atoms with E-state index < -0.39 is 0 Å². The Morgan fingerprint density at radius 3 is 2.61 bits per heavy atom. The monoisotopic (exact) mass is 310 g/mol. The van der Waals surface area contributed by atoms with Crippen molar-refractivity contribution in [2.45, 2.75) is 13.3 Å². The molecule has 2 aromatic carbocycles. The van der Waals surface area contributed by atoms with Crippen LogP contribution in [0.5, 0.6) is 5.75 Å². The van der Waals surface area contributed by atoms with Gasteiger partial charge in [-0.25, -0.2) is 4.98 Å². The first kappa shape index (κ1) is 15.3. The maximum atomic E-state index is 5.47. The summed E-state index contributed by atoms with van der Waals surface area (Å²) in [6.07, 6.45) is 2.27. The van der Waals surface area contributed by atoms with Crippen LogP contribution in [0, 0.1) is 6.92 Å². The lowest BCUT2D eigenvalue weighted by molar-refractivity contribution is -0.105. The normalized spacial score (nSPS) is 10.7. The van der Waals surface area contributed by atoms with Crippen LogP contribution in [0.15, 0.2) is 65.3 Å². The summed E-state index contributed by atoms with van der Waals surface area (Å²) in [5.74, 6) is 1.31. The van der Waals surface area contributed by atoms with Crippen LogP contribution in [0.25, 0.3) is 11.5 Å². The van der Waals surface area contributed by atoms with Crippen molar-refractivity contribution in [3.8, 4) is 17.2 Å². The van der Waals surface area contributed by atoms with Gasteiger partial charge in [0.25, 0.3) is 0 Å². The summed E-state index contributed by atoms with van der Waals surface area (Å²) in [6, 6.07) is 17.5. The highest BCUT2D eigenvalue weighted by Crippen LogP contribution is 2.18. The lowest BCUT2D eigenvalue weighted by atomic mass is 10.2. The Hall–Kier alpha value is -2.63. The molecule has 0 saturated heterocycles. The fraction of sp³-hybridized carbons (Fsp3) is 0.167. The number of hydrogen-bond acceptors (Lipinski definition) is 5. The number of aromatic nitrogens is 1. The van der Waals surface area contributed by atoms with Crippen molar-refractivity contribution in [2.75, 3.05) is 6.61 Å². The van der Waals surface area contributed by atoms with Gasteiger partial charge in [-0.3, -0.25) is 4.84 Å². The van der Waals surface area contributed by atoms with Crippen molar-refractivity contribution < 1.29 is 14.1 Å². The van der Waals surface area contributed by atoms with E-state index in [-0.39, 0.29) is 0 Å². The van der Waals surface area contributed by atoms with E-state index in [4.69, 9.17) is 14.1 Å². The van der Waals surface area contributed by atoms with Gasteiger partial charge in [0.1, 0.15) is 12.0 Å². The molecular weight excluding hydrogens is 292 g/mol. The SMILES string of the molecule is Cc1ccc(ONOCCc2coc(-c3ccccc3)n2)cc1. The van der Waals surface area contributed by atoms with Crippen molar-refractivity contribution in [3.63, 3.8) is 0 Å². The number of aryl methyl sites for hydroxylation is 1. The topological polar surface area (TPSA) is 56.5 Å². The highest BCUT2D eigenvalue weighted by atomic mass is 16.9. The molecular formula is C18H18N2O3. The zero-order valence-corrected chi connectivity index (χ0v) is 12.9. The van der Waals surface area contributed by atoms with E-state index in [1.165, 1.54) is 5.56 Å². The minimum Gasteiger partial charge on any atom is -0.444 e. The van der Waals surface area contributed by atoms with Crippen LogP contribution < -0.4 is 10.5 Å². The van der Waals surface area contributed by atoms with E-state index in [0.717, 1.165) is 11.3 Å². The van der Waals surface area contributed by atoms with Crippen LogP contribution in [0.3, 0.4) is 0 Å². The molecule has 5 heteroatoms. The first-order valence-corrected chi connectivity index (χ1v) is 7.41. The molecule has 1 heterocycles. The minimum atomic E-state index is 0.423. The van der Waals surface area contributed by atoms with Crippen LogP contribution in [0.4, 0.5) is 0 Å². The standard InChI is InChI=1S/C18H18N2O3/c1-14-7-9-17(10-8-14)23-20-22-12-11-16-13-21-18(19-16)15-5-3-2-4-6-15/h2-10,13,20H,11-12H2,1H3. The van der Waals surface area contributed by atoms with Gasteiger partial charge in [0.15, 0.2) is 0 Å². The quantitative estimate of drug-likeness (QED) is 0.532. The van der Waals surface area contributed by atoms with Gasteiger partial charge in [0.05, 0.1) is 12.3 Å². The highest BCUT2D eigenvalue weighted by molar-refractivity contribution is 5.52. The summed E-state index contributed by atoms with van der Waals surface area (Å²) in [5, 5.41) is 0. The summed E-state index contributed by atoms with van der Waals surface area (Å²) < 4.78 is 5.47. The number of oxazole rings is 1. The molecule has 3 aromatic rings. The molecule has 0 unspecified atom stereocenters. The summed E-state index contributed by atoms with van der Waals surface area (Å²) in [5.41, 5.74) is 5.44. The Balaban J connectivity index is 1.41. The second-order valence-electron chi connectivity index (χ2n) is 5.11. The Morgan fingerprint density at radius 1 is 1.04 bits per heavy atom. The Labute approximate surface area is 134 Å². The van der Waals surface area contributed by atoms with Crippen LogP contribution in [-0.2, 0) is 11.3 Å². The van der Waals surface area contributed by atoms with Crippen molar-refractivity contribution in [3.05, 3.63) is 72.1 Å². The molecule has 1 N–H and O–H groups in total. The third-order valence-corrected chi connectivity index (χ3v) is 3.27. The van der Waals surface area contributed by atoms with Crippen molar-refractivity contribution >= 4 is 0 Å². The fourth-order valence-corrected chi connectivity index (χ4v) is 2.02. The summed E-state index contributed by atoms with van der Waals surface area (Å²) in [4.78, 5) is 14.9. The lowest BCUT2D eigenvalue weighted by Crippen LogP contribution is -2.20. The molecule has 0 bridgehead atoms. The molecule has 0 atom stereocenters. The van der Waals surface area contributed by atoms with Gasteiger partial charge < -0.3 is 9.25 Å². The van der Waals surface area contributed by atoms with Gasteiger partial charge in [-0.15, -0.1) is 0 Å². The molecule has 0 spiro atoms. The third kappa shape index (κ3) is 4.42. The number of benzene rings is 2. The summed E-state index contributed by atoms with van der Waals surface area (Å²) in [7, 11) is 0. The minimum absolute atomic E-state index is 0.423. The number of nitrogens with zero attached hydrogens (tertiary/aromatic N) is 1. The Morgan fingerprint density at radius 2 is 1.83 bits per heavy atom. The Kier molecular flexibility index (Phi) is 5.03. The molecule has 0 saturated carbocycles. The van der Waals surface area contributed by atoms with E-state index in [1.807, 2.05) is 61.5 Å². The average Bonchev–Trinajstić information content (AvgIpc) is 3.06. The molecule has 1 aromatic heterocycles. The van der Waals surface area contributed by atoms with Gasteiger partial charge in [-0.1, -0.05) is 35.9 Å². The molecule has 0 aliphatic heterocycles. The molecule has 23 heavy (non-hydrogen) atoms. The fourth-order valence-electron chi connectivity index (χ4n) is 2.02. The number of hydrogen-bond donors (Lipinski definition) is 1. The largest absolute Gasteiger partial charge is 0.444 e. The van der Waals surface area contributed by atoms with E-state index >= 15 is 0 Å². The second kappa shape index (κ2) is 7.58. The third-order valence-electron chi connectivity index (χ3n) is 3.27. The molecule has 5 nitrogen and oxygen atoms in total. The maximum Gasteiger partial charge on any atom is 0.226 e. The van der Waals surface area contributed by atoms with E-state index in [1.54, 1.807) is 6.26 Å². The zero-order valence-electron chi connectivity index (χ0n) is 12.9. The van der Waals surface area contributed by atoms with Gasteiger partial charge in [0, 0.05) is 12.0 Å². The molecule has 118 valence electrons. The lowest BCUT2D eigenvalue weighted by Gasteiger charge is -2.06. The van der Waals surface area contributed by atoms with Crippen molar-refractivity contribution in [1.29, 1.82) is 0 Å². The van der Waals surface area contributed by atoms with Gasteiger partial charge >= 0.3 is 0 Å². The van der Waals surface area contributed by atoms with Crippen LogP contribution in [0.1, 0.15) is 11.3 Å². The smallest absolute Gasteiger partial charge is 0.226 e. The molecule has 0 fully saturated rings. The van der Waals surface area contributed by atoms with E-state index in [9.17, 15) is 0 Å². The van der Waals surface area contributed by atoms with E-state index in [0.29, 0.717) is 24.7 Å². The summed E-state index contributed by atoms with van der Waals surface area (Å²) in [6.45, 7) is 2.45. The van der Waals surface area contributed by atoms with Crippen molar-refractivity contribution in [2.24, 2.45) is 0 Å². The predicted molar refractivity (Wildman–Crippen MR) is 86.5 cm³/mol. The van der Waals surface area contributed by atoms with Crippen LogP contribution in [0.2, 0.25) is 0 Å². The predicted octanol–water partition coefficient (Wildman–Crippen LogP) is 3.71. The highest BCUT2D eigenvalue weighted by Gasteiger charge is 2.06. The molecule has 0 aliphatic rings. The molecule has 0 radical (unpaired) electrons. The number of rotatable bonds is 7. The molecule has 0 amide bonds. The maximum absolute atomic E-state index is 5.47. The van der Waals surface area contributed by atoms with E-state index in [2.05, 4.69) is 10.6 Å². The van der Waals surface area contributed by atoms with Crippen LogP contribution >= 0.6 is 0 Å². The number of nitrogens with one attached hydrogen (secondary N) is 1. The molecule has 3 rings (SSSR count). The Bertz CT molecular complexity index is 724. The second-order valence-corrected chi connectivity index (χ2v) is 5.11. The van der Waals surface area contributed by atoms with Crippen molar-refractivity contribution in [1.82, 2.24) is 10.6 Å². The van der Waals surface area contributed by atoms with Crippen LogP contribution in [-0.4, -0.2) is 11.6 Å². The summed E-state index contributed by atoms with van der Waals surface area (Å²) >= 11 is 0. The molecule has 0 aliphatic carbocycles.